The van der Waals surface area contributed by atoms with Gasteiger partial charge < -0.3 is 10.0 Å². The minimum Gasteiger partial charge on any atom is -0.478 e. The van der Waals surface area contributed by atoms with Crippen molar-refractivity contribution in [2.24, 2.45) is 0 Å². The van der Waals surface area contributed by atoms with E-state index in [1.807, 2.05) is 0 Å². The molecule has 4 nitrogen and oxygen atoms in total. The van der Waals surface area contributed by atoms with E-state index in [1.165, 1.54) is 55.3 Å². The number of rotatable bonds is 6. The van der Waals surface area contributed by atoms with Crippen molar-refractivity contribution >= 4 is 11.7 Å². The summed E-state index contributed by atoms with van der Waals surface area (Å²) < 4.78 is 0. The second-order valence-corrected chi connectivity index (χ2v) is 8.40. The molecule has 0 bridgehead atoms. The van der Waals surface area contributed by atoms with Gasteiger partial charge >= 0.3 is 5.97 Å². The fraction of sp³-hybridized carbons (Fsp3) is 0.500. The highest BCUT2D eigenvalue weighted by Gasteiger charge is 2.24. The maximum atomic E-state index is 11.4. The van der Waals surface area contributed by atoms with Crippen molar-refractivity contribution in [1.82, 2.24) is 4.98 Å². The van der Waals surface area contributed by atoms with E-state index in [0.717, 1.165) is 24.8 Å². The van der Waals surface area contributed by atoms with Crippen molar-refractivity contribution in [1.29, 1.82) is 0 Å². The Morgan fingerprint density at radius 2 is 2.00 bits per heavy atom. The first-order valence-electron chi connectivity index (χ1n) is 10.7. The van der Waals surface area contributed by atoms with E-state index >= 15 is 0 Å². The molecule has 1 N–H and O–H groups in total. The Hall–Kier alpha value is -2.36. The number of nitrogens with zero attached hydrogens (tertiary/aromatic N) is 2. The van der Waals surface area contributed by atoms with Crippen molar-refractivity contribution in [2.45, 2.75) is 69.7 Å². The van der Waals surface area contributed by atoms with Gasteiger partial charge in [-0.1, -0.05) is 18.9 Å². The van der Waals surface area contributed by atoms with E-state index in [0.29, 0.717) is 17.5 Å². The van der Waals surface area contributed by atoms with Gasteiger partial charge in [-0.05, 0) is 85.8 Å². The highest BCUT2D eigenvalue weighted by molar-refractivity contribution is 5.89. The van der Waals surface area contributed by atoms with Gasteiger partial charge in [0, 0.05) is 31.2 Å². The average molecular weight is 379 g/mol. The second-order valence-electron chi connectivity index (χ2n) is 8.40. The molecular weight excluding hydrogens is 348 g/mol. The van der Waals surface area contributed by atoms with Gasteiger partial charge in [-0.3, -0.25) is 4.98 Å². The van der Waals surface area contributed by atoms with E-state index in [1.54, 1.807) is 18.5 Å². The molecule has 1 atom stereocenters. The molecule has 2 aliphatic carbocycles. The summed E-state index contributed by atoms with van der Waals surface area (Å²) in [6.45, 7) is 0. The summed E-state index contributed by atoms with van der Waals surface area (Å²) in [5, 5.41) is 9.40. The largest absolute Gasteiger partial charge is 0.478 e. The van der Waals surface area contributed by atoms with Crippen molar-refractivity contribution < 1.29 is 9.90 Å². The zero-order valence-corrected chi connectivity index (χ0v) is 16.7. The number of carboxylic acid groups (broad SMARTS) is 1. The third-order valence-corrected chi connectivity index (χ3v) is 6.74. The summed E-state index contributed by atoms with van der Waals surface area (Å²) in [5.74, 6) is -0.350. The molecule has 0 spiro atoms. The highest BCUT2D eigenvalue weighted by Crippen LogP contribution is 2.37. The molecular formula is C24H30N2O2. The van der Waals surface area contributed by atoms with Crippen molar-refractivity contribution in [2.75, 3.05) is 11.9 Å². The third kappa shape index (κ3) is 3.91. The van der Waals surface area contributed by atoms with Crippen LogP contribution in [0, 0.1) is 0 Å². The standard InChI is InChI=1S/C24H30N2O2/c1-26(20-7-2-3-8-20)21-11-12-22-17(5-4-6-18(22)15-21)9-10-19-16-25-14-13-23(19)24(27)28/h11-17,20H,2-10H2,1H3,(H,27,28)/t17-/m0/s1. The monoisotopic (exact) mass is 378 g/mol. The number of benzene rings is 1. The normalized spacial score (nSPS) is 19.4. The average Bonchev–Trinajstić information content (AvgIpc) is 3.26. The molecule has 1 aromatic carbocycles. The van der Waals surface area contributed by atoms with Crippen LogP contribution in [0.4, 0.5) is 5.69 Å². The van der Waals surface area contributed by atoms with Crippen LogP contribution < -0.4 is 4.90 Å². The van der Waals surface area contributed by atoms with Crippen molar-refractivity contribution in [3.8, 4) is 0 Å². The van der Waals surface area contributed by atoms with Crippen LogP contribution in [0.25, 0.3) is 0 Å². The predicted molar refractivity (Wildman–Crippen MR) is 112 cm³/mol. The van der Waals surface area contributed by atoms with Gasteiger partial charge in [0.2, 0.25) is 0 Å². The molecule has 1 aromatic heterocycles. The van der Waals surface area contributed by atoms with E-state index in [-0.39, 0.29) is 0 Å². The lowest BCUT2D eigenvalue weighted by Crippen LogP contribution is -2.29. The topological polar surface area (TPSA) is 53.4 Å². The number of hydrogen-bond acceptors (Lipinski definition) is 3. The molecule has 1 saturated carbocycles. The van der Waals surface area contributed by atoms with Crippen LogP contribution in [0.5, 0.6) is 0 Å². The quantitative estimate of drug-likeness (QED) is 0.749. The van der Waals surface area contributed by atoms with Crippen LogP contribution in [0.3, 0.4) is 0 Å². The maximum absolute atomic E-state index is 11.4. The van der Waals surface area contributed by atoms with Gasteiger partial charge in [0.25, 0.3) is 0 Å². The Morgan fingerprint density at radius 3 is 2.79 bits per heavy atom. The molecule has 0 unspecified atom stereocenters. The van der Waals surface area contributed by atoms with Gasteiger partial charge in [-0.15, -0.1) is 0 Å². The van der Waals surface area contributed by atoms with Crippen molar-refractivity contribution in [3.05, 3.63) is 58.9 Å². The zero-order valence-electron chi connectivity index (χ0n) is 16.7. The van der Waals surface area contributed by atoms with Crippen LogP contribution in [-0.2, 0) is 12.8 Å². The molecule has 4 heteroatoms. The van der Waals surface area contributed by atoms with Gasteiger partial charge in [0.05, 0.1) is 5.56 Å². The van der Waals surface area contributed by atoms with E-state index in [2.05, 4.69) is 35.1 Å². The van der Waals surface area contributed by atoms with Crippen LogP contribution >= 0.6 is 0 Å². The number of aromatic nitrogens is 1. The molecule has 148 valence electrons. The molecule has 1 fully saturated rings. The fourth-order valence-corrected chi connectivity index (χ4v) is 5.09. The summed E-state index contributed by atoms with van der Waals surface area (Å²) in [4.78, 5) is 18.1. The number of aryl methyl sites for hydroxylation is 2. The molecule has 2 aliphatic rings. The van der Waals surface area contributed by atoms with Crippen LogP contribution in [0.1, 0.15) is 77.9 Å². The molecule has 28 heavy (non-hydrogen) atoms. The molecule has 0 aliphatic heterocycles. The smallest absolute Gasteiger partial charge is 0.336 e. The highest BCUT2D eigenvalue weighted by atomic mass is 16.4. The van der Waals surface area contributed by atoms with E-state index in [4.69, 9.17) is 0 Å². The molecule has 4 rings (SSSR count). The number of carboxylic acids is 1. The molecule has 0 amide bonds. The first-order chi connectivity index (χ1) is 13.6. The molecule has 0 saturated heterocycles. The molecule has 1 heterocycles. The van der Waals surface area contributed by atoms with E-state index < -0.39 is 5.97 Å². The summed E-state index contributed by atoms with van der Waals surface area (Å²) in [6.07, 6.45) is 13.9. The Labute approximate surface area is 167 Å². The summed E-state index contributed by atoms with van der Waals surface area (Å²) >= 11 is 0. The lowest BCUT2D eigenvalue weighted by Gasteiger charge is -2.30. The van der Waals surface area contributed by atoms with Gasteiger partial charge in [-0.25, -0.2) is 4.79 Å². The summed E-state index contributed by atoms with van der Waals surface area (Å²) in [7, 11) is 2.24. The number of anilines is 1. The second kappa shape index (κ2) is 8.34. The fourth-order valence-electron chi connectivity index (χ4n) is 5.09. The lowest BCUT2D eigenvalue weighted by molar-refractivity contribution is 0.0695. The predicted octanol–water partition coefficient (Wildman–Crippen LogP) is 5.21. The SMILES string of the molecule is CN(c1ccc2c(c1)CCC[C@H]2CCc1cnccc1C(=O)O)C1CCCC1. The van der Waals surface area contributed by atoms with Gasteiger partial charge in [-0.2, -0.15) is 0 Å². The first-order valence-corrected chi connectivity index (χ1v) is 10.7. The minimum atomic E-state index is -0.860. The maximum Gasteiger partial charge on any atom is 0.336 e. The summed E-state index contributed by atoms with van der Waals surface area (Å²) in [6, 6.07) is 9.34. The van der Waals surface area contributed by atoms with Crippen molar-refractivity contribution in [3.63, 3.8) is 0 Å². The first kappa shape index (κ1) is 19.0. The minimum absolute atomic E-state index is 0.388. The molecule has 2 aromatic rings. The lowest BCUT2D eigenvalue weighted by atomic mass is 9.79. The molecule has 0 radical (unpaired) electrons. The number of fused-ring (bicyclic) bond motifs is 1. The Kier molecular flexibility index (Phi) is 5.65. The Bertz CT molecular complexity index is 842. The number of hydrogen-bond donors (Lipinski definition) is 1. The van der Waals surface area contributed by atoms with Gasteiger partial charge in [0.15, 0.2) is 0 Å². The zero-order chi connectivity index (χ0) is 19.5. The van der Waals surface area contributed by atoms with Crippen LogP contribution in [-0.4, -0.2) is 29.1 Å². The number of aromatic carboxylic acids is 1. The van der Waals surface area contributed by atoms with Gasteiger partial charge in [0.1, 0.15) is 0 Å². The van der Waals surface area contributed by atoms with E-state index in [9.17, 15) is 9.90 Å². The Balaban J connectivity index is 1.49. The summed E-state index contributed by atoms with van der Waals surface area (Å²) in [5.41, 5.74) is 5.55. The van der Waals surface area contributed by atoms with Crippen LogP contribution in [0.2, 0.25) is 0 Å². The van der Waals surface area contributed by atoms with Crippen LogP contribution in [0.15, 0.2) is 36.7 Å². The number of pyridine rings is 1. The Morgan fingerprint density at radius 1 is 1.18 bits per heavy atom. The third-order valence-electron chi connectivity index (χ3n) is 6.74. The number of carbonyl (C=O) groups is 1.